The van der Waals surface area contributed by atoms with E-state index in [0.29, 0.717) is 21.1 Å². The summed E-state index contributed by atoms with van der Waals surface area (Å²) < 4.78 is 47.9. The molecule has 2 heterocycles. The summed E-state index contributed by atoms with van der Waals surface area (Å²) in [5, 5.41) is 6.69. The minimum atomic E-state index is -4.79. The lowest BCUT2D eigenvalue weighted by atomic mass is 10.2. The second-order valence-corrected chi connectivity index (χ2v) is 7.94. The summed E-state index contributed by atoms with van der Waals surface area (Å²) in [4.78, 5) is 16.8. The number of alkyl halides is 3. The van der Waals surface area contributed by atoms with Gasteiger partial charge in [-0.05, 0) is 61.6 Å². The van der Waals surface area contributed by atoms with Gasteiger partial charge in [-0.25, -0.2) is 9.67 Å². The highest BCUT2D eigenvalue weighted by atomic mass is 35.5. The van der Waals surface area contributed by atoms with Crippen molar-refractivity contribution >= 4 is 17.5 Å². The number of nitrogens with zero attached hydrogens (tertiary/aromatic N) is 3. The number of hydrogen-bond acceptors (Lipinski definition) is 4. The van der Waals surface area contributed by atoms with Crippen LogP contribution in [-0.2, 0) is 12.7 Å². The molecule has 1 aliphatic carbocycles. The molecule has 0 bridgehead atoms. The van der Waals surface area contributed by atoms with Crippen LogP contribution < -0.4 is 10.1 Å². The molecule has 4 rings (SSSR count). The number of rotatable bonds is 6. The van der Waals surface area contributed by atoms with E-state index in [0.717, 1.165) is 31.9 Å². The topological polar surface area (TPSA) is 69.0 Å². The van der Waals surface area contributed by atoms with Crippen LogP contribution in [0.5, 0.6) is 5.88 Å². The van der Waals surface area contributed by atoms with Crippen molar-refractivity contribution in [3.8, 4) is 11.6 Å². The van der Waals surface area contributed by atoms with E-state index in [1.54, 1.807) is 18.3 Å². The van der Waals surface area contributed by atoms with Crippen LogP contribution in [0.25, 0.3) is 5.69 Å². The number of carbonyl (C=O) groups excluding carboxylic acids is 1. The molecular weight excluding hydrogens is 445 g/mol. The molecule has 1 N–H and O–H groups in total. The van der Waals surface area contributed by atoms with E-state index in [9.17, 15) is 18.0 Å². The minimum Gasteiger partial charge on any atom is -0.474 e. The Hall–Kier alpha value is -3.07. The van der Waals surface area contributed by atoms with Crippen molar-refractivity contribution in [2.24, 2.45) is 0 Å². The van der Waals surface area contributed by atoms with Crippen molar-refractivity contribution < 1.29 is 22.7 Å². The summed E-state index contributed by atoms with van der Waals surface area (Å²) in [6.07, 6.45) is 1.97. The molecule has 1 saturated carbocycles. The number of ether oxygens (including phenoxy) is 1. The van der Waals surface area contributed by atoms with E-state index < -0.39 is 23.3 Å². The molecule has 3 aromatic rings. The molecule has 168 valence electrons. The van der Waals surface area contributed by atoms with Gasteiger partial charge in [0.05, 0.1) is 17.4 Å². The van der Waals surface area contributed by atoms with Crippen molar-refractivity contribution in [3.63, 3.8) is 0 Å². The first-order valence-corrected chi connectivity index (χ1v) is 10.5. The Labute approximate surface area is 187 Å². The molecule has 0 atom stereocenters. The number of nitrogens with one attached hydrogen (secondary N) is 1. The lowest BCUT2D eigenvalue weighted by Gasteiger charge is -2.14. The maximum absolute atomic E-state index is 13.8. The SMILES string of the molecule is O=C(NCc1ccnc(OC2CCCC2)c1)c1cnn(-c2ccc(Cl)cc2)c1C(F)(F)F. The second kappa shape index (κ2) is 9.20. The van der Waals surface area contributed by atoms with Crippen molar-refractivity contribution in [3.05, 3.63) is 70.6 Å². The third-order valence-corrected chi connectivity index (χ3v) is 5.45. The molecule has 0 saturated heterocycles. The monoisotopic (exact) mass is 464 g/mol. The van der Waals surface area contributed by atoms with Gasteiger partial charge >= 0.3 is 6.18 Å². The molecule has 0 spiro atoms. The van der Waals surface area contributed by atoms with Crippen molar-refractivity contribution in [2.75, 3.05) is 0 Å². The number of amides is 1. The molecule has 1 aromatic carbocycles. The first-order valence-electron chi connectivity index (χ1n) is 10.1. The highest BCUT2D eigenvalue weighted by Crippen LogP contribution is 2.34. The Bertz CT molecular complexity index is 1090. The van der Waals surface area contributed by atoms with Gasteiger partial charge in [0.15, 0.2) is 5.69 Å². The number of pyridine rings is 1. The zero-order chi connectivity index (χ0) is 22.7. The number of benzene rings is 1. The average molecular weight is 465 g/mol. The zero-order valence-electron chi connectivity index (χ0n) is 16.9. The zero-order valence-corrected chi connectivity index (χ0v) is 17.7. The molecule has 0 aliphatic heterocycles. The first kappa shape index (κ1) is 22.1. The number of halogens is 4. The predicted octanol–water partition coefficient (Wildman–Crippen LogP) is 5.19. The quantitative estimate of drug-likeness (QED) is 0.545. The number of carbonyl (C=O) groups is 1. The first-order chi connectivity index (χ1) is 15.3. The Kier molecular flexibility index (Phi) is 6.36. The van der Waals surface area contributed by atoms with Crippen LogP contribution in [0.15, 0.2) is 48.8 Å². The Morgan fingerprint density at radius 1 is 1.19 bits per heavy atom. The molecular formula is C22H20ClF3N4O2. The summed E-state index contributed by atoms with van der Waals surface area (Å²) in [6, 6.07) is 9.05. The van der Waals surface area contributed by atoms with Crippen LogP contribution in [0.1, 0.15) is 47.3 Å². The summed E-state index contributed by atoms with van der Waals surface area (Å²) in [5.74, 6) is -0.442. The summed E-state index contributed by atoms with van der Waals surface area (Å²) in [6.45, 7) is 0.0196. The lowest BCUT2D eigenvalue weighted by molar-refractivity contribution is -0.143. The van der Waals surface area contributed by atoms with Gasteiger partial charge < -0.3 is 10.1 Å². The number of aromatic nitrogens is 3. The molecule has 1 amide bonds. The Morgan fingerprint density at radius 2 is 1.91 bits per heavy atom. The average Bonchev–Trinajstić information content (AvgIpc) is 3.43. The van der Waals surface area contributed by atoms with Crippen LogP contribution in [0.3, 0.4) is 0 Å². The number of hydrogen-bond donors (Lipinski definition) is 1. The summed E-state index contributed by atoms with van der Waals surface area (Å²) >= 11 is 5.81. The van der Waals surface area contributed by atoms with E-state index in [-0.39, 0.29) is 18.3 Å². The van der Waals surface area contributed by atoms with Crippen molar-refractivity contribution in [1.29, 1.82) is 0 Å². The third kappa shape index (κ3) is 5.04. The standard InChI is InChI=1S/C22H20ClF3N4O2/c23-15-5-7-16(8-6-15)30-20(22(24,25)26)18(13-29-30)21(31)28-12-14-9-10-27-19(11-14)32-17-3-1-2-4-17/h5-11,13,17H,1-4,12H2,(H,28,31). The van der Waals surface area contributed by atoms with Gasteiger partial charge in [-0.15, -0.1) is 0 Å². The molecule has 1 fully saturated rings. The highest BCUT2D eigenvalue weighted by Gasteiger charge is 2.40. The van der Waals surface area contributed by atoms with Crippen LogP contribution in [0.4, 0.5) is 13.2 Å². The van der Waals surface area contributed by atoms with E-state index in [1.165, 1.54) is 24.3 Å². The smallest absolute Gasteiger partial charge is 0.434 e. The van der Waals surface area contributed by atoms with Gasteiger partial charge in [0.2, 0.25) is 5.88 Å². The predicted molar refractivity (Wildman–Crippen MR) is 112 cm³/mol. The third-order valence-electron chi connectivity index (χ3n) is 5.20. The van der Waals surface area contributed by atoms with Crippen LogP contribution >= 0.6 is 11.6 Å². The molecule has 0 radical (unpaired) electrons. The maximum atomic E-state index is 13.8. The van der Waals surface area contributed by atoms with Gasteiger partial charge in [0.25, 0.3) is 5.91 Å². The second-order valence-electron chi connectivity index (χ2n) is 7.50. The van der Waals surface area contributed by atoms with Gasteiger partial charge in [0.1, 0.15) is 6.10 Å². The molecule has 2 aromatic heterocycles. The van der Waals surface area contributed by atoms with Crippen LogP contribution in [0, 0.1) is 0 Å². The highest BCUT2D eigenvalue weighted by molar-refractivity contribution is 6.30. The molecule has 1 aliphatic rings. The van der Waals surface area contributed by atoms with Gasteiger partial charge in [-0.2, -0.15) is 18.3 Å². The van der Waals surface area contributed by atoms with Gasteiger partial charge in [0, 0.05) is 23.8 Å². The van der Waals surface area contributed by atoms with E-state index in [4.69, 9.17) is 16.3 Å². The Balaban J connectivity index is 1.50. The summed E-state index contributed by atoms with van der Waals surface area (Å²) in [7, 11) is 0. The fourth-order valence-electron chi connectivity index (χ4n) is 3.64. The summed E-state index contributed by atoms with van der Waals surface area (Å²) in [5.41, 5.74) is -0.912. The Morgan fingerprint density at radius 3 is 2.59 bits per heavy atom. The fraction of sp³-hybridized carbons (Fsp3) is 0.318. The molecule has 0 unspecified atom stereocenters. The fourth-order valence-corrected chi connectivity index (χ4v) is 3.77. The molecule has 10 heteroatoms. The molecule has 32 heavy (non-hydrogen) atoms. The van der Waals surface area contributed by atoms with E-state index in [1.807, 2.05) is 0 Å². The minimum absolute atomic E-state index is 0.0196. The van der Waals surface area contributed by atoms with Crippen molar-refractivity contribution in [2.45, 2.75) is 44.5 Å². The lowest BCUT2D eigenvalue weighted by Crippen LogP contribution is -2.26. The van der Waals surface area contributed by atoms with E-state index >= 15 is 0 Å². The van der Waals surface area contributed by atoms with Gasteiger partial charge in [-0.3, -0.25) is 4.79 Å². The van der Waals surface area contributed by atoms with Crippen LogP contribution in [0.2, 0.25) is 5.02 Å². The van der Waals surface area contributed by atoms with E-state index in [2.05, 4.69) is 15.4 Å². The van der Waals surface area contributed by atoms with Crippen LogP contribution in [-0.4, -0.2) is 26.8 Å². The maximum Gasteiger partial charge on any atom is 0.434 e. The van der Waals surface area contributed by atoms with Crippen molar-refractivity contribution in [1.82, 2.24) is 20.1 Å². The molecule has 6 nitrogen and oxygen atoms in total. The van der Waals surface area contributed by atoms with Gasteiger partial charge in [-0.1, -0.05) is 11.6 Å². The largest absolute Gasteiger partial charge is 0.474 e. The normalized spacial score (nSPS) is 14.5.